The number of carbonyl (C=O) groups is 2. The van der Waals surface area contributed by atoms with E-state index in [0.717, 1.165) is 27.8 Å². The molecule has 0 aliphatic rings. The molecule has 0 fully saturated rings. The summed E-state index contributed by atoms with van der Waals surface area (Å²) in [5.41, 5.74) is 4.18. The molecule has 0 radical (unpaired) electrons. The number of aliphatic carboxylic acids is 1. The van der Waals surface area contributed by atoms with Crippen molar-refractivity contribution in [3.8, 4) is 16.8 Å². The first-order valence-electron chi connectivity index (χ1n) is 9.22. The minimum atomic E-state index is -1.20. The summed E-state index contributed by atoms with van der Waals surface area (Å²) in [4.78, 5) is 31.3. The van der Waals surface area contributed by atoms with E-state index < -0.39 is 11.9 Å². The molecule has 1 amide bonds. The van der Waals surface area contributed by atoms with Gasteiger partial charge in [0.2, 0.25) is 5.91 Å². The van der Waals surface area contributed by atoms with Gasteiger partial charge in [0.05, 0.1) is 0 Å². The van der Waals surface area contributed by atoms with Crippen molar-refractivity contribution in [2.45, 2.75) is 6.92 Å². The Morgan fingerprint density at radius 3 is 2.50 bits per heavy atom. The lowest BCUT2D eigenvalue weighted by atomic mass is 10.1. The predicted octanol–water partition coefficient (Wildman–Crippen LogP) is 3.65. The number of aromatic nitrogens is 3. The topological polar surface area (TPSA) is 97.1 Å². The maximum atomic E-state index is 11.3. The standard InChI is InChI=1S/C23H18N4O3/c1-15(28)26-21(23(29)30)12-16-6-8-18(9-7-16)27-14-20(17-4-2-10-24-13-17)19-5-3-11-25-22(19)27/h2-14H,1H3,(H,26,28)(H,29,30). The molecule has 0 aliphatic carbocycles. The minimum Gasteiger partial charge on any atom is -0.477 e. The van der Waals surface area contributed by atoms with Crippen LogP contribution in [0.15, 0.2) is 79.0 Å². The molecule has 0 aliphatic heterocycles. The molecule has 0 bridgehead atoms. The Bertz CT molecular complexity index is 1260. The summed E-state index contributed by atoms with van der Waals surface area (Å²) in [6, 6.07) is 15.1. The highest BCUT2D eigenvalue weighted by Crippen LogP contribution is 2.31. The molecule has 0 spiro atoms. The molecule has 3 heterocycles. The number of fused-ring (bicyclic) bond motifs is 1. The molecule has 4 rings (SSSR count). The zero-order valence-corrected chi connectivity index (χ0v) is 16.1. The number of carbonyl (C=O) groups excluding carboxylic acids is 1. The van der Waals surface area contributed by atoms with Gasteiger partial charge in [-0.1, -0.05) is 18.2 Å². The lowest BCUT2D eigenvalue weighted by Gasteiger charge is -2.06. The summed E-state index contributed by atoms with van der Waals surface area (Å²) >= 11 is 0. The largest absolute Gasteiger partial charge is 0.477 e. The molecule has 4 aromatic rings. The number of nitrogens with zero attached hydrogens (tertiary/aromatic N) is 3. The Balaban J connectivity index is 1.75. The second kappa shape index (κ2) is 8.00. The average molecular weight is 398 g/mol. The van der Waals surface area contributed by atoms with E-state index in [1.54, 1.807) is 24.5 Å². The molecule has 3 aromatic heterocycles. The van der Waals surface area contributed by atoms with E-state index >= 15 is 0 Å². The lowest BCUT2D eigenvalue weighted by molar-refractivity contribution is -0.134. The van der Waals surface area contributed by atoms with Crippen LogP contribution < -0.4 is 5.32 Å². The fourth-order valence-electron chi connectivity index (χ4n) is 3.25. The summed E-state index contributed by atoms with van der Waals surface area (Å²) in [6.07, 6.45) is 8.73. The van der Waals surface area contributed by atoms with Gasteiger partial charge >= 0.3 is 5.97 Å². The van der Waals surface area contributed by atoms with Gasteiger partial charge in [0.25, 0.3) is 0 Å². The van der Waals surface area contributed by atoms with E-state index in [1.165, 1.54) is 13.0 Å². The number of hydrogen-bond acceptors (Lipinski definition) is 4. The Kier molecular flexibility index (Phi) is 5.09. The number of carboxylic acids is 1. The lowest BCUT2D eigenvalue weighted by Crippen LogP contribution is -2.24. The molecule has 1 aromatic carbocycles. The third-order valence-electron chi connectivity index (χ3n) is 4.56. The van der Waals surface area contributed by atoms with Crippen LogP contribution >= 0.6 is 0 Å². The molecule has 2 N–H and O–H groups in total. The van der Waals surface area contributed by atoms with Crippen LogP contribution in [-0.2, 0) is 9.59 Å². The Hall–Kier alpha value is -4.26. The van der Waals surface area contributed by atoms with Crippen molar-refractivity contribution < 1.29 is 14.7 Å². The van der Waals surface area contributed by atoms with Gasteiger partial charge in [-0.15, -0.1) is 0 Å². The highest BCUT2D eigenvalue weighted by atomic mass is 16.4. The predicted molar refractivity (Wildman–Crippen MR) is 114 cm³/mol. The molecule has 30 heavy (non-hydrogen) atoms. The van der Waals surface area contributed by atoms with Gasteiger partial charge in [-0.25, -0.2) is 9.78 Å². The molecule has 148 valence electrons. The molecule has 7 nitrogen and oxygen atoms in total. The van der Waals surface area contributed by atoms with Crippen LogP contribution in [0.1, 0.15) is 12.5 Å². The number of rotatable bonds is 5. The Labute approximate surface area is 172 Å². The Morgan fingerprint density at radius 1 is 1.07 bits per heavy atom. The van der Waals surface area contributed by atoms with Gasteiger partial charge in [0.1, 0.15) is 11.3 Å². The van der Waals surface area contributed by atoms with Crippen LogP contribution in [0.3, 0.4) is 0 Å². The van der Waals surface area contributed by atoms with Gasteiger partial charge < -0.3 is 15.0 Å². The van der Waals surface area contributed by atoms with Gasteiger partial charge in [-0.3, -0.25) is 9.78 Å². The first-order valence-corrected chi connectivity index (χ1v) is 9.22. The number of amides is 1. The maximum absolute atomic E-state index is 11.3. The van der Waals surface area contributed by atoms with E-state index in [0.29, 0.717) is 5.56 Å². The first kappa shape index (κ1) is 19.1. The molecule has 0 saturated carbocycles. The second-order valence-corrected chi connectivity index (χ2v) is 6.66. The summed E-state index contributed by atoms with van der Waals surface area (Å²) in [7, 11) is 0. The molecule has 0 atom stereocenters. The van der Waals surface area contributed by atoms with Crippen LogP contribution in [0.2, 0.25) is 0 Å². The van der Waals surface area contributed by atoms with E-state index in [9.17, 15) is 14.7 Å². The minimum absolute atomic E-state index is 0.179. The van der Waals surface area contributed by atoms with Crippen LogP contribution in [0, 0.1) is 0 Å². The maximum Gasteiger partial charge on any atom is 0.352 e. The summed E-state index contributed by atoms with van der Waals surface area (Å²) < 4.78 is 1.98. The Morgan fingerprint density at radius 2 is 1.83 bits per heavy atom. The number of nitrogens with one attached hydrogen (secondary N) is 1. The van der Waals surface area contributed by atoms with Gasteiger partial charge in [-0.05, 0) is 42.0 Å². The van der Waals surface area contributed by atoms with E-state index in [4.69, 9.17) is 0 Å². The second-order valence-electron chi connectivity index (χ2n) is 6.66. The van der Waals surface area contributed by atoms with Crippen LogP contribution in [0.25, 0.3) is 33.9 Å². The van der Waals surface area contributed by atoms with Crippen LogP contribution in [0.4, 0.5) is 0 Å². The number of hydrogen-bond donors (Lipinski definition) is 2. The molecule has 0 unspecified atom stereocenters. The number of carboxylic acid groups (broad SMARTS) is 1. The van der Waals surface area contributed by atoms with Crippen LogP contribution in [-0.4, -0.2) is 31.5 Å². The van der Waals surface area contributed by atoms with E-state index in [1.807, 2.05) is 53.4 Å². The van der Waals surface area contributed by atoms with Gasteiger partial charge in [0, 0.05) is 53.9 Å². The highest BCUT2D eigenvalue weighted by molar-refractivity contribution is 5.96. The van der Waals surface area contributed by atoms with Gasteiger partial charge in [-0.2, -0.15) is 0 Å². The molecule has 0 saturated heterocycles. The number of benzene rings is 1. The average Bonchev–Trinajstić information content (AvgIpc) is 3.14. The smallest absolute Gasteiger partial charge is 0.352 e. The van der Waals surface area contributed by atoms with Crippen molar-refractivity contribution in [1.29, 1.82) is 0 Å². The van der Waals surface area contributed by atoms with Crippen molar-refractivity contribution >= 4 is 29.0 Å². The van der Waals surface area contributed by atoms with Crippen molar-refractivity contribution in [3.63, 3.8) is 0 Å². The SMILES string of the molecule is CC(=O)NC(=Cc1ccc(-n2cc(-c3cccnc3)c3cccnc32)cc1)C(=O)O. The summed E-state index contributed by atoms with van der Waals surface area (Å²) in [5, 5.41) is 12.6. The van der Waals surface area contributed by atoms with Crippen molar-refractivity contribution in [3.05, 3.63) is 84.6 Å². The van der Waals surface area contributed by atoms with E-state index in [2.05, 4.69) is 15.3 Å². The highest BCUT2D eigenvalue weighted by Gasteiger charge is 2.13. The quantitative estimate of drug-likeness (QED) is 0.500. The van der Waals surface area contributed by atoms with E-state index in [-0.39, 0.29) is 5.70 Å². The molecule has 7 heteroatoms. The molecular weight excluding hydrogens is 380 g/mol. The zero-order valence-electron chi connectivity index (χ0n) is 16.1. The fraction of sp³-hybridized carbons (Fsp3) is 0.0435. The third-order valence-corrected chi connectivity index (χ3v) is 4.56. The molecular formula is C23H18N4O3. The van der Waals surface area contributed by atoms with Crippen molar-refractivity contribution in [2.24, 2.45) is 0 Å². The van der Waals surface area contributed by atoms with Crippen molar-refractivity contribution in [1.82, 2.24) is 19.9 Å². The summed E-state index contributed by atoms with van der Waals surface area (Å²) in [5.74, 6) is -1.64. The fourth-order valence-corrected chi connectivity index (χ4v) is 3.25. The third kappa shape index (κ3) is 3.81. The monoisotopic (exact) mass is 398 g/mol. The summed E-state index contributed by atoms with van der Waals surface area (Å²) in [6.45, 7) is 1.27. The zero-order chi connectivity index (χ0) is 21.1. The first-order chi connectivity index (χ1) is 14.5. The number of pyridine rings is 2. The van der Waals surface area contributed by atoms with Gasteiger partial charge in [0.15, 0.2) is 0 Å². The van der Waals surface area contributed by atoms with Crippen molar-refractivity contribution in [2.75, 3.05) is 0 Å². The normalized spacial score (nSPS) is 11.4. The van der Waals surface area contributed by atoms with Crippen LogP contribution in [0.5, 0.6) is 0 Å².